The van der Waals surface area contributed by atoms with Crippen LogP contribution in [0.5, 0.6) is 0 Å². The quantitative estimate of drug-likeness (QED) is 0.249. The van der Waals surface area contributed by atoms with Crippen molar-refractivity contribution in [2.75, 3.05) is 0 Å². The number of allylic oxidation sites excluding steroid dienone is 1. The van der Waals surface area contributed by atoms with E-state index in [0.29, 0.717) is 0 Å². The van der Waals surface area contributed by atoms with Crippen molar-refractivity contribution in [1.82, 2.24) is 0 Å². The van der Waals surface area contributed by atoms with Crippen molar-refractivity contribution in [2.45, 2.75) is 104 Å². The fourth-order valence-corrected chi connectivity index (χ4v) is 5.71. The van der Waals surface area contributed by atoms with Crippen LogP contribution in [-0.2, 0) is 0 Å². The van der Waals surface area contributed by atoms with Crippen molar-refractivity contribution in [2.24, 2.45) is 0 Å². The zero-order valence-corrected chi connectivity index (χ0v) is 15.1. The van der Waals surface area contributed by atoms with E-state index in [-0.39, 0.29) is 0 Å². The first-order valence-corrected chi connectivity index (χ1v) is 11.6. The minimum absolute atomic E-state index is 0.988. The fourth-order valence-electron chi connectivity index (χ4n) is 2.83. The predicted molar refractivity (Wildman–Crippen MR) is 93.6 cm³/mol. The highest BCUT2D eigenvalue weighted by atomic mass is 28.3. The van der Waals surface area contributed by atoms with Crippen LogP contribution in [-0.4, -0.2) is 8.07 Å². The molecule has 0 saturated heterocycles. The lowest BCUT2D eigenvalue weighted by Gasteiger charge is -2.23. The van der Waals surface area contributed by atoms with Crippen LogP contribution in [0, 0.1) is 0 Å². The molecule has 0 rings (SSSR count). The molecule has 0 saturated carbocycles. The molecular weight excluding hydrogens is 244 g/mol. The van der Waals surface area contributed by atoms with Gasteiger partial charge in [0.05, 0.1) is 8.07 Å². The van der Waals surface area contributed by atoms with E-state index in [2.05, 4.69) is 39.5 Å². The summed E-state index contributed by atoms with van der Waals surface area (Å²) >= 11 is 0. The molecule has 0 aliphatic carbocycles. The molecule has 0 unspecified atom stereocenters. The van der Waals surface area contributed by atoms with Gasteiger partial charge in [-0.15, -0.1) is 0 Å². The summed E-state index contributed by atoms with van der Waals surface area (Å²) in [7, 11) is -0.988. The van der Waals surface area contributed by atoms with Crippen molar-refractivity contribution in [3.05, 3.63) is 11.8 Å². The molecule has 0 amide bonds. The second-order valence-corrected chi connectivity index (χ2v) is 11.3. The molecule has 0 aliphatic rings. The van der Waals surface area contributed by atoms with Gasteiger partial charge in [-0.3, -0.25) is 0 Å². The Hall–Kier alpha value is -0.0431. The molecule has 1 heteroatoms. The molecule has 0 aromatic rings. The molecule has 0 fully saturated rings. The number of rotatable bonds is 13. The van der Waals surface area contributed by atoms with Crippen molar-refractivity contribution in [3.63, 3.8) is 0 Å². The Morgan fingerprint density at radius 1 is 0.632 bits per heavy atom. The van der Waals surface area contributed by atoms with Gasteiger partial charge in [0.15, 0.2) is 0 Å². The van der Waals surface area contributed by atoms with Crippen molar-refractivity contribution < 1.29 is 0 Å². The third-order valence-electron chi connectivity index (χ3n) is 4.81. The first-order valence-electron chi connectivity index (χ1n) is 8.92. The SMILES string of the molecule is CCCCCCCCCCC=C[Si](CC)(CC)CC. The van der Waals surface area contributed by atoms with Crippen LogP contribution in [0.3, 0.4) is 0 Å². The molecule has 0 radical (unpaired) electrons. The van der Waals surface area contributed by atoms with Gasteiger partial charge in [0, 0.05) is 0 Å². The molecule has 0 atom stereocenters. The Morgan fingerprint density at radius 2 is 1.11 bits per heavy atom. The maximum absolute atomic E-state index is 2.65. The Kier molecular flexibility index (Phi) is 12.9. The first-order chi connectivity index (χ1) is 9.24. The van der Waals surface area contributed by atoms with E-state index in [1.54, 1.807) is 0 Å². The van der Waals surface area contributed by atoms with Crippen LogP contribution in [0.25, 0.3) is 0 Å². The summed E-state index contributed by atoms with van der Waals surface area (Å²) in [6.45, 7) is 9.46. The van der Waals surface area contributed by atoms with Crippen LogP contribution < -0.4 is 0 Å². The van der Waals surface area contributed by atoms with Gasteiger partial charge in [0.25, 0.3) is 0 Å². The molecule has 0 aromatic carbocycles. The van der Waals surface area contributed by atoms with Crippen LogP contribution >= 0.6 is 0 Å². The molecular formula is C18H38Si. The third kappa shape index (κ3) is 9.48. The minimum atomic E-state index is -0.988. The van der Waals surface area contributed by atoms with Crippen LogP contribution in [0.4, 0.5) is 0 Å². The van der Waals surface area contributed by atoms with Crippen LogP contribution in [0.1, 0.15) is 85.5 Å². The Balaban J connectivity index is 3.52. The van der Waals surface area contributed by atoms with Gasteiger partial charge in [0.1, 0.15) is 0 Å². The molecule has 0 nitrogen and oxygen atoms in total. The number of hydrogen-bond acceptors (Lipinski definition) is 0. The van der Waals surface area contributed by atoms with Gasteiger partial charge in [0.2, 0.25) is 0 Å². The van der Waals surface area contributed by atoms with Crippen molar-refractivity contribution >= 4 is 8.07 Å². The van der Waals surface area contributed by atoms with Crippen LogP contribution in [0.2, 0.25) is 18.1 Å². The highest BCUT2D eigenvalue weighted by molar-refractivity contribution is 6.84. The van der Waals surface area contributed by atoms with Crippen molar-refractivity contribution in [3.8, 4) is 0 Å². The molecule has 0 aliphatic heterocycles. The summed E-state index contributed by atoms with van der Waals surface area (Å²) < 4.78 is 0. The lowest BCUT2D eigenvalue weighted by atomic mass is 10.1. The minimum Gasteiger partial charge on any atom is -0.0981 e. The smallest absolute Gasteiger partial charge is 0.0766 e. The van der Waals surface area contributed by atoms with Gasteiger partial charge >= 0.3 is 0 Å². The number of hydrogen-bond donors (Lipinski definition) is 0. The second-order valence-electron chi connectivity index (χ2n) is 6.09. The molecule has 114 valence electrons. The Labute approximate surface area is 124 Å². The topological polar surface area (TPSA) is 0 Å². The standard InChI is InChI=1S/C18H38Si/c1-5-9-10-11-12-13-14-15-16-17-18-19(6-2,7-3)8-4/h17-18H,5-16H2,1-4H3. The fraction of sp³-hybridized carbons (Fsp3) is 0.889. The van der Waals surface area contributed by atoms with Gasteiger partial charge in [-0.05, 0) is 12.8 Å². The molecule has 0 spiro atoms. The van der Waals surface area contributed by atoms with Gasteiger partial charge in [-0.1, -0.05) is 103 Å². The van der Waals surface area contributed by atoms with Crippen molar-refractivity contribution in [1.29, 1.82) is 0 Å². The van der Waals surface area contributed by atoms with E-state index in [0.717, 1.165) is 0 Å². The molecule has 0 bridgehead atoms. The average Bonchev–Trinajstić information content (AvgIpc) is 2.46. The first kappa shape index (κ1) is 19.0. The maximum atomic E-state index is 2.65. The summed E-state index contributed by atoms with van der Waals surface area (Å²) in [4.78, 5) is 0. The molecule has 0 aromatic heterocycles. The van der Waals surface area contributed by atoms with E-state index in [1.165, 1.54) is 75.9 Å². The maximum Gasteiger partial charge on any atom is 0.0766 e. The van der Waals surface area contributed by atoms with E-state index in [4.69, 9.17) is 0 Å². The number of unbranched alkanes of at least 4 members (excludes halogenated alkanes) is 8. The summed E-state index contributed by atoms with van der Waals surface area (Å²) in [6, 6.07) is 4.27. The molecule has 0 heterocycles. The third-order valence-corrected chi connectivity index (χ3v) is 9.98. The van der Waals surface area contributed by atoms with E-state index < -0.39 is 8.07 Å². The van der Waals surface area contributed by atoms with E-state index in [9.17, 15) is 0 Å². The van der Waals surface area contributed by atoms with Gasteiger partial charge in [-0.2, -0.15) is 0 Å². The summed E-state index contributed by atoms with van der Waals surface area (Å²) in [5.41, 5.74) is 2.65. The van der Waals surface area contributed by atoms with Crippen LogP contribution in [0.15, 0.2) is 11.8 Å². The van der Waals surface area contributed by atoms with E-state index in [1.807, 2.05) is 0 Å². The average molecular weight is 283 g/mol. The zero-order chi connectivity index (χ0) is 14.4. The lowest BCUT2D eigenvalue weighted by Crippen LogP contribution is -2.28. The molecule has 19 heavy (non-hydrogen) atoms. The van der Waals surface area contributed by atoms with Gasteiger partial charge in [-0.25, -0.2) is 0 Å². The highest BCUT2D eigenvalue weighted by Crippen LogP contribution is 2.22. The van der Waals surface area contributed by atoms with Gasteiger partial charge < -0.3 is 0 Å². The summed E-state index contributed by atoms with van der Waals surface area (Å²) in [5.74, 6) is 0. The second kappa shape index (κ2) is 13.0. The Bertz CT molecular complexity index is 195. The summed E-state index contributed by atoms with van der Waals surface area (Å²) in [5, 5.41) is 0. The van der Waals surface area contributed by atoms with E-state index >= 15 is 0 Å². The highest BCUT2D eigenvalue weighted by Gasteiger charge is 2.22. The molecule has 0 N–H and O–H groups in total. The zero-order valence-electron chi connectivity index (χ0n) is 14.1. The summed E-state index contributed by atoms with van der Waals surface area (Å²) in [6.07, 6.45) is 15.3. The Morgan fingerprint density at radius 3 is 1.58 bits per heavy atom. The normalized spacial score (nSPS) is 12.4. The lowest BCUT2D eigenvalue weighted by molar-refractivity contribution is 0.577. The largest absolute Gasteiger partial charge is 0.0981 e. The monoisotopic (exact) mass is 282 g/mol. The predicted octanol–water partition coefficient (Wildman–Crippen LogP) is 7.12.